The first-order valence-electron chi connectivity index (χ1n) is 10.9. The lowest BCUT2D eigenvalue weighted by Gasteiger charge is -2.34. The van der Waals surface area contributed by atoms with Gasteiger partial charge in [0.05, 0.1) is 10.7 Å². The third-order valence-electron chi connectivity index (χ3n) is 6.02. The van der Waals surface area contributed by atoms with Crippen molar-refractivity contribution in [3.63, 3.8) is 0 Å². The molecule has 0 radical (unpaired) electrons. The average Bonchev–Trinajstić information content (AvgIpc) is 3.20. The van der Waals surface area contributed by atoms with Gasteiger partial charge in [-0.1, -0.05) is 30.3 Å². The van der Waals surface area contributed by atoms with Crippen molar-refractivity contribution in [3.8, 4) is 0 Å². The zero-order valence-corrected chi connectivity index (χ0v) is 19.1. The molecule has 2 aromatic heterocycles. The smallest absolute Gasteiger partial charge is 0.226 e. The molecule has 6 heteroatoms. The van der Waals surface area contributed by atoms with Crippen LogP contribution in [0, 0.1) is 19.8 Å². The molecule has 5 nitrogen and oxygen atoms in total. The quantitative estimate of drug-likeness (QED) is 0.545. The van der Waals surface area contributed by atoms with E-state index >= 15 is 0 Å². The largest absolute Gasteiger partial charge is 0.334 e. The van der Waals surface area contributed by atoms with E-state index in [2.05, 4.69) is 39.3 Å². The number of aryl methyl sites for hydroxylation is 2. The van der Waals surface area contributed by atoms with Gasteiger partial charge in [0.25, 0.3) is 0 Å². The Kier molecular flexibility index (Phi) is 7.10. The van der Waals surface area contributed by atoms with Crippen LogP contribution in [0.2, 0.25) is 0 Å². The summed E-state index contributed by atoms with van der Waals surface area (Å²) in [7, 11) is 0. The molecule has 4 rings (SSSR count). The van der Waals surface area contributed by atoms with Gasteiger partial charge in [0, 0.05) is 43.3 Å². The van der Waals surface area contributed by atoms with E-state index in [9.17, 15) is 4.79 Å². The van der Waals surface area contributed by atoms with Crippen LogP contribution in [0.5, 0.6) is 0 Å². The fourth-order valence-electron chi connectivity index (χ4n) is 4.22. The van der Waals surface area contributed by atoms with Crippen molar-refractivity contribution < 1.29 is 4.79 Å². The number of hydrogen-bond donors (Lipinski definition) is 0. The minimum absolute atomic E-state index is 0.0779. The van der Waals surface area contributed by atoms with Gasteiger partial charge in [-0.15, -0.1) is 11.3 Å². The number of hydrogen-bond acceptors (Lipinski definition) is 5. The maximum atomic E-state index is 13.6. The molecule has 0 unspecified atom stereocenters. The number of nitrogens with zero attached hydrogens (tertiary/aromatic N) is 4. The van der Waals surface area contributed by atoms with E-state index in [1.807, 2.05) is 42.3 Å². The highest BCUT2D eigenvalue weighted by molar-refractivity contribution is 7.09. The minimum atomic E-state index is 0.0779. The van der Waals surface area contributed by atoms with E-state index in [4.69, 9.17) is 0 Å². The van der Waals surface area contributed by atoms with Crippen molar-refractivity contribution in [1.82, 2.24) is 19.8 Å². The number of amides is 1. The molecule has 0 spiro atoms. The van der Waals surface area contributed by atoms with Crippen molar-refractivity contribution in [3.05, 3.63) is 81.6 Å². The van der Waals surface area contributed by atoms with Crippen molar-refractivity contribution in [2.24, 2.45) is 5.92 Å². The van der Waals surface area contributed by atoms with E-state index in [-0.39, 0.29) is 11.8 Å². The van der Waals surface area contributed by atoms with Crippen LogP contribution in [0.4, 0.5) is 0 Å². The number of piperidine rings is 1. The molecular weight excluding hydrogens is 404 g/mol. The Balaban J connectivity index is 1.42. The first kappa shape index (κ1) is 21.7. The summed E-state index contributed by atoms with van der Waals surface area (Å²) in [6.45, 7) is 8.16. The average molecular weight is 435 g/mol. The van der Waals surface area contributed by atoms with Crippen LogP contribution in [0.3, 0.4) is 0 Å². The Morgan fingerprint density at radius 3 is 2.61 bits per heavy atom. The van der Waals surface area contributed by atoms with E-state index in [0.717, 1.165) is 48.7 Å². The fourth-order valence-corrected chi connectivity index (χ4v) is 4.83. The summed E-state index contributed by atoms with van der Waals surface area (Å²) in [5.41, 5.74) is 4.64. The third-order valence-corrected chi connectivity index (χ3v) is 6.84. The summed E-state index contributed by atoms with van der Waals surface area (Å²) in [6.07, 6.45) is 5.44. The number of carbonyl (C=O) groups is 1. The first-order chi connectivity index (χ1) is 15.1. The predicted octanol–water partition coefficient (Wildman–Crippen LogP) is 4.60. The SMILES string of the molecule is Cc1nc(CN2CCC(C(=O)N(Cc3cccnc3)Cc3ccccc3C)CC2)cs1. The Morgan fingerprint density at radius 1 is 1.13 bits per heavy atom. The van der Waals surface area contributed by atoms with E-state index in [1.54, 1.807) is 17.5 Å². The molecule has 3 aromatic rings. The normalized spacial score (nSPS) is 15.2. The van der Waals surface area contributed by atoms with Crippen LogP contribution in [-0.2, 0) is 24.4 Å². The van der Waals surface area contributed by atoms with Gasteiger partial charge in [-0.2, -0.15) is 0 Å². The van der Waals surface area contributed by atoms with Gasteiger partial charge >= 0.3 is 0 Å². The fraction of sp³-hybridized carbons (Fsp3) is 0.400. The summed E-state index contributed by atoms with van der Waals surface area (Å²) in [6, 6.07) is 12.3. The summed E-state index contributed by atoms with van der Waals surface area (Å²) in [5.74, 6) is 0.338. The summed E-state index contributed by atoms with van der Waals surface area (Å²) < 4.78 is 0. The van der Waals surface area contributed by atoms with Crippen LogP contribution >= 0.6 is 11.3 Å². The van der Waals surface area contributed by atoms with Crippen LogP contribution in [0.1, 0.15) is 40.2 Å². The minimum Gasteiger partial charge on any atom is -0.334 e. The lowest BCUT2D eigenvalue weighted by molar-refractivity contribution is -0.138. The molecule has 1 aliphatic heterocycles. The van der Waals surface area contributed by atoms with Crippen LogP contribution in [-0.4, -0.2) is 38.8 Å². The highest BCUT2D eigenvalue weighted by Crippen LogP contribution is 2.24. The predicted molar refractivity (Wildman–Crippen MR) is 125 cm³/mol. The van der Waals surface area contributed by atoms with Gasteiger partial charge in [-0.25, -0.2) is 4.98 Å². The van der Waals surface area contributed by atoms with Gasteiger partial charge in [0.1, 0.15) is 0 Å². The van der Waals surface area contributed by atoms with Gasteiger partial charge < -0.3 is 4.90 Å². The van der Waals surface area contributed by atoms with Crippen LogP contribution in [0.25, 0.3) is 0 Å². The molecule has 162 valence electrons. The van der Waals surface area contributed by atoms with E-state index in [0.29, 0.717) is 13.1 Å². The molecule has 1 aliphatic rings. The first-order valence-corrected chi connectivity index (χ1v) is 11.8. The van der Waals surface area contributed by atoms with Crippen molar-refractivity contribution in [2.75, 3.05) is 13.1 Å². The molecule has 0 bridgehead atoms. The number of likely N-dealkylation sites (tertiary alicyclic amines) is 1. The Hall–Kier alpha value is -2.57. The van der Waals surface area contributed by atoms with Crippen molar-refractivity contribution in [2.45, 2.75) is 46.3 Å². The second-order valence-corrected chi connectivity index (χ2v) is 9.45. The second kappa shape index (κ2) is 10.2. The van der Waals surface area contributed by atoms with Crippen LogP contribution in [0.15, 0.2) is 54.2 Å². The van der Waals surface area contributed by atoms with Gasteiger partial charge in [-0.05, 0) is 62.5 Å². The number of aromatic nitrogens is 2. The monoisotopic (exact) mass is 434 g/mol. The lowest BCUT2D eigenvalue weighted by Crippen LogP contribution is -2.42. The second-order valence-electron chi connectivity index (χ2n) is 8.39. The van der Waals surface area contributed by atoms with Crippen molar-refractivity contribution in [1.29, 1.82) is 0 Å². The molecule has 0 aliphatic carbocycles. The molecule has 1 fully saturated rings. The zero-order valence-electron chi connectivity index (χ0n) is 18.3. The highest BCUT2D eigenvalue weighted by Gasteiger charge is 2.29. The number of rotatable bonds is 7. The molecule has 31 heavy (non-hydrogen) atoms. The number of thiazole rings is 1. The Morgan fingerprint density at radius 2 is 1.94 bits per heavy atom. The molecule has 1 saturated heterocycles. The maximum Gasteiger partial charge on any atom is 0.226 e. The molecule has 1 amide bonds. The summed E-state index contributed by atoms with van der Waals surface area (Å²) in [4.78, 5) is 26.8. The number of pyridine rings is 1. The van der Waals surface area contributed by atoms with Gasteiger partial charge in [-0.3, -0.25) is 14.7 Å². The summed E-state index contributed by atoms with van der Waals surface area (Å²) in [5, 5.41) is 3.26. The Bertz CT molecular complexity index is 996. The standard InChI is InChI=1S/C25H30N4OS/c1-19-6-3-4-8-23(19)16-29(15-21-7-5-11-26-14-21)25(30)22-9-12-28(13-10-22)17-24-18-31-20(2)27-24/h3-8,11,14,18,22H,9-10,12-13,15-17H2,1-2H3. The molecular formula is C25H30N4OS. The van der Waals surface area contributed by atoms with E-state index < -0.39 is 0 Å². The molecule has 0 saturated carbocycles. The molecule has 3 heterocycles. The number of benzene rings is 1. The maximum absolute atomic E-state index is 13.6. The molecule has 0 atom stereocenters. The van der Waals surface area contributed by atoms with Crippen LogP contribution < -0.4 is 0 Å². The Labute approximate surface area is 188 Å². The van der Waals surface area contributed by atoms with E-state index in [1.165, 1.54) is 11.1 Å². The zero-order chi connectivity index (χ0) is 21.6. The van der Waals surface area contributed by atoms with Gasteiger partial charge in [0.2, 0.25) is 5.91 Å². The topological polar surface area (TPSA) is 49.3 Å². The third kappa shape index (κ3) is 5.77. The highest BCUT2D eigenvalue weighted by atomic mass is 32.1. The number of carbonyl (C=O) groups excluding carboxylic acids is 1. The molecule has 1 aromatic carbocycles. The summed E-state index contributed by atoms with van der Waals surface area (Å²) >= 11 is 1.70. The lowest BCUT2D eigenvalue weighted by atomic mass is 9.94. The van der Waals surface area contributed by atoms with Gasteiger partial charge in [0.15, 0.2) is 0 Å². The van der Waals surface area contributed by atoms with Crippen molar-refractivity contribution >= 4 is 17.2 Å². The molecule has 0 N–H and O–H groups in total.